The van der Waals surface area contributed by atoms with Crippen molar-refractivity contribution in [2.24, 2.45) is 0 Å². The van der Waals surface area contributed by atoms with E-state index in [-0.39, 0.29) is 11.9 Å². The number of rotatable bonds is 3. The second-order valence-electron chi connectivity index (χ2n) is 4.93. The number of aromatic nitrogens is 2. The van der Waals surface area contributed by atoms with E-state index in [2.05, 4.69) is 15.3 Å². The molecular formula is C16H12ClN5OS. The molecule has 6 nitrogen and oxygen atoms in total. The maximum atomic E-state index is 12.1. The lowest BCUT2D eigenvalue weighted by atomic mass is 10.1. The Hall–Kier alpha value is -2.69. The van der Waals surface area contributed by atoms with E-state index in [0.29, 0.717) is 43.5 Å². The predicted octanol–water partition coefficient (Wildman–Crippen LogP) is 3.22. The summed E-state index contributed by atoms with van der Waals surface area (Å²) in [4.78, 5) is 21.7. The fraction of sp³-hybridized carbons (Fsp3) is 0.125. The Labute approximate surface area is 146 Å². The summed E-state index contributed by atoms with van der Waals surface area (Å²) < 4.78 is 0. The van der Waals surface area contributed by atoms with Gasteiger partial charge in [0.15, 0.2) is 0 Å². The molecule has 24 heavy (non-hydrogen) atoms. The van der Waals surface area contributed by atoms with Gasteiger partial charge in [0.25, 0.3) is 5.91 Å². The molecule has 2 aromatic heterocycles. The molecule has 3 rings (SSSR count). The Bertz CT molecular complexity index is 992. The number of hydrogen-bond acceptors (Lipinski definition) is 6. The highest BCUT2D eigenvalue weighted by molar-refractivity contribution is 7.20. The van der Waals surface area contributed by atoms with Gasteiger partial charge in [0.1, 0.15) is 4.83 Å². The molecule has 0 radical (unpaired) electrons. The lowest BCUT2D eigenvalue weighted by Gasteiger charge is -2.06. The standard InChI is InChI=1S/C16H12ClN5OS/c1-2-20-14(23)12-6-10-13(21-16(19)22-15(10)24-12)9-4-3-8(7-18)5-11(9)17/h3-6H,2H2,1H3,(H,20,23)(H2,19,21,22). The van der Waals surface area contributed by atoms with Crippen molar-refractivity contribution in [1.29, 1.82) is 5.26 Å². The number of thiophene rings is 1. The van der Waals surface area contributed by atoms with Crippen LogP contribution in [-0.4, -0.2) is 22.4 Å². The number of anilines is 1. The van der Waals surface area contributed by atoms with Gasteiger partial charge in [-0.3, -0.25) is 4.79 Å². The van der Waals surface area contributed by atoms with Gasteiger partial charge in [0, 0.05) is 17.5 Å². The molecule has 8 heteroatoms. The van der Waals surface area contributed by atoms with Crippen LogP contribution in [-0.2, 0) is 0 Å². The Kier molecular flexibility index (Phi) is 4.34. The largest absolute Gasteiger partial charge is 0.368 e. The predicted molar refractivity (Wildman–Crippen MR) is 95.0 cm³/mol. The third-order valence-corrected chi connectivity index (χ3v) is 4.66. The molecule has 0 atom stereocenters. The van der Waals surface area contributed by atoms with Gasteiger partial charge in [0.05, 0.1) is 27.2 Å². The van der Waals surface area contributed by atoms with E-state index in [1.54, 1.807) is 24.3 Å². The molecule has 2 heterocycles. The number of nitrogen functional groups attached to an aromatic ring is 1. The molecule has 0 aliphatic heterocycles. The fourth-order valence-electron chi connectivity index (χ4n) is 2.28. The highest BCUT2D eigenvalue weighted by Gasteiger charge is 2.17. The van der Waals surface area contributed by atoms with Crippen molar-refractivity contribution in [2.45, 2.75) is 6.92 Å². The van der Waals surface area contributed by atoms with E-state index in [0.717, 1.165) is 0 Å². The molecule has 120 valence electrons. The molecule has 0 saturated heterocycles. The maximum absolute atomic E-state index is 12.1. The second kappa shape index (κ2) is 6.43. The van der Waals surface area contributed by atoms with Gasteiger partial charge in [-0.2, -0.15) is 5.26 Å². The van der Waals surface area contributed by atoms with Crippen LogP contribution in [0.15, 0.2) is 24.3 Å². The molecule has 0 unspecified atom stereocenters. The van der Waals surface area contributed by atoms with Crippen LogP contribution in [0.3, 0.4) is 0 Å². The fourth-order valence-corrected chi connectivity index (χ4v) is 3.50. The zero-order valence-electron chi connectivity index (χ0n) is 12.6. The van der Waals surface area contributed by atoms with Crippen LogP contribution in [0.25, 0.3) is 21.5 Å². The molecular weight excluding hydrogens is 346 g/mol. The first-order chi connectivity index (χ1) is 11.5. The minimum atomic E-state index is -0.170. The van der Waals surface area contributed by atoms with Crippen LogP contribution in [0.1, 0.15) is 22.2 Å². The number of nitrogens with zero attached hydrogens (tertiary/aromatic N) is 3. The molecule has 0 spiro atoms. The minimum Gasteiger partial charge on any atom is -0.368 e. The minimum absolute atomic E-state index is 0.0993. The number of fused-ring (bicyclic) bond motifs is 1. The third kappa shape index (κ3) is 2.89. The Morgan fingerprint density at radius 2 is 2.21 bits per heavy atom. The number of nitriles is 1. The first-order valence-electron chi connectivity index (χ1n) is 7.08. The molecule has 0 saturated carbocycles. The van der Waals surface area contributed by atoms with Crippen molar-refractivity contribution < 1.29 is 4.79 Å². The van der Waals surface area contributed by atoms with Crippen LogP contribution >= 0.6 is 22.9 Å². The lowest BCUT2D eigenvalue weighted by molar-refractivity contribution is 0.0960. The topological polar surface area (TPSA) is 105 Å². The highest BCUT2D eigenvalue weighted by Crippen LogP contribution is 2.36. The quantitative estimate of drug-likeness (QED) is 0.748. The summed E-state index contributed by atoms with van der Waals surface area (Å²) in [5.41, 5.74) is 7.43. The van der Waals surface area contributed by atoms with E-state index >= 15 is 0 Å². The number of carbonyl (C=O) groups excluding carboxylic acids is 1. The van der Waals surface area contributed by atoms with E-state index in [9.17, 15) is 4.79 Å². The average Bonchev–Trinajstić information content (AvgIpc) is 2.98. The van der Waals surface area contributed by atoms with Crippen molar-refractivity contribution in [3.05, 3.63) is 39.7 Å². The van der Waals surface area contributed by atoms with Gasteiger partial charge in [-0.25, -0.2) is 9.97 Å². The summed E-state index contributed by atoms with van der Waals surface area (Å²) in [5, 5.41) is 12.8. The average molecular weight is 358 g/mol. The summed E-state index contributed by atoms with van der Waals surface area (Å²) in [5.74, 6) is -0.0711. The summed E-state index contributed by atoms with van der Waals surface area (Å²) in [6.07, 6.45) is 0. The van der Waals surface area contributed by atoms with E-state index in [1.165, 1.54) is 11.3 Å². The van der Waals surface area contributed by atoms with Crippen LogP contribution in [0.2, 0.25) is 5.02 Å². The number of nitrogens with two attached hydrogens (primary N) is 1. The summed E-state index contributed by atoms with van der Waals surface area (Å²) in [6, 6.07) is 8.70. The Morgan fingerprint density at radius 1 is 1.42 bits per heavy atom. The molecule has 0 aliphatic rings. The van der Waals surface area contributed by atoms with Gasteiger partial charge >= 0.3 is 0 Å². The number of amides is 1. The van der Waals surface area contributed by atoms with Crippen molar-refractivity contribution >= 4 is 45.0 Å². The van der Waals surface area contributed by atoms with Gasteiger partial charge in [0.2, 0.25) is 5.95 Å². The maximum Gasteiger partial charge on any atom is 0.261 e. The van der Waals surface area contributed by atoms with Gasteiger partial charge in [-0.05, 0) is 31.2 Å². The SMILES string of the molecule is CCNC(=O)c1cc2c(-c3ccc(C#N)cc3Cl)nc(N)nc2s1. The van der Waals surface area contributed by atoms with Crippen molar-refractivity contribution in [3.63, 3.8) is 0 Å². The van der Waals surface area contributed by atoms with Crippen molar-refractivity contribution in [2.75, 3.05) is 12.3 Å². The van der Waals surface area contributed by atoms with E-state index in [4.69, 9.17) is 22.6 Å². The monoisotopic (exact) mass is 357 g/mol. The molecule has 1 amide bonds. The van der Waals surface area contributed by atoms with Crippen LogP contribution in [0, 0.1) is 11.3 Å². The number of nitrogens with one attached hydrogen (secondary N) is 1. The Balaban J connectivity index is 2.21. The number of benzene rings is 1. The number of hydrogen-bond donors (Lipinski definition) is 2. The second-order valence-corrected chi connectivity index (χ2v) is 6.36. The first kappa shape index (κ1) is 16.2. The summed E-state index contributed by atoms with van der Waals surface area (Å²) >= 11 is 7.53. The summed E-state index contributed by atoms with van der Waals surface area (Å²) in [6.45, 7) is 2.39. The lowest BCUT2D eigenvalue weighted by Crippen LogP contribution is -2.21. The highest BCUT2D eigenvalue weighted by atomic mass is 35.5. The summed E-state index contributed by atoms with van der Waals surface area (Å²) in [7, 11) is 0. The molecule has 0 fully saturated rings. The Morgan fingerprint density at radius 3 is 2.88 bits per heavy atom. The van der Waals surface area contributed by atoms with E-state index in [1.807, 2.05) is 13.0 Å². The zero-order valence-corrected chi connectivity index (χ0v) is 14.2. The first-order valence-corrected chi connectivity index (χ1v) is 8.28. The molecule has 1 aromatic carbocycles. The smallest absolute Gasteiger partial charge is 0.261 e. The van der Waals surface area contributed by atoms with Crippen LogP contribution in [0.5, 0.6) is 0 Å². The van der Waals surface area contributed by atoms with Gasteiger partial charge in [-0.1, -0.05) is 11.6 Å². The molecule has 3 N–H and O–H groups in total. The van der Waals surface area contributed by atoms with Gasteiger partial charge in [-0.15, -0.1) is 11.3 Å². The van der Waals surface area contributed by atoms with Gasteiger partial charge < -0.3 is 11.1 Å². The zero-order chi connectivity index (χ0) is 17.3. The van der Waals surface area contributed by atoms with Crippen molar-refractivity contribution in [1.82, 2.24) is 15.3 Å². The number of carbonyl (C=O) groups is 1. The van der Waals surface area contributed by atoms with Crippen LogP contribution in [0.4, 0.5) is 5.95 Å². The third-order valence-electron chi connectivity index (χ3n) is 3.32. The molecule has 3 aromatic rings. The van der Waals surface area contributed by atoms with E-state index < -0.39 is 0 Å². The van der Waals surface area contributed by atoms with Crippen molar-refractivity contribution in [3.8, 4) is 17.3 Å². The molecule has 0 aliphatic carbocycles. The molecule has 0 bridgehead atoms. The van der Waals surface area contributed by atoms with Crippen LogP contribution < -0.4 is 11.1 Å². The number of halogens is 1. The normalized spacial score (nSPS) is 10.5.